The van der Waals surface area contributed by atoms with Crippen molar-refractivity contribution in [2.24, 2.45) is 13.0 Å². The number of carbonyl (C=O) groups is 2. The van der Waals surface area contributed by atoms with Crippen molar-refractivity contribution in [1.82, 2.24) is 4.57 Å². The van der Waals surface area contributed by atoms with Crippen LogP contribution in [0.3, 0.4) is 0 Å². The summed E-state index contributed by atoms with van der Waals surface area (Å²) >= 11 is 0. The lowest BCUT2D eigenvalue weighted by Gasteiger charge is -2.01. The van der Waals surface area contributed by atoms with E-state index < -0.39 is 0 Å². The SMILES string of the molecule is CC(=O)Cc1ccc2c(c1)OCO2.CC(C)C(=O)c1cn(C)c2ccccc12.CCCC. The van der Waals surface area contributed by atoms with E-state index in [2.05, 4.69) is 13.8 Å². The highest BCUT2D eigenvalue weighted by Crippen LogP contribution is 2.32. The van der Waals surface area contributed by atoms with Gasteiger partial charge in [0.1, 0.15) is 5.78 Å². The maximum Gasteiger partial charge on any atom is 0.231 e. The normalized spacial score (nSPS) is 11.5. The minimum atomic E-state index is 0.0517. The Kier molecular flexibility index (Phi) is 9.51. The lowest BCUT2D eigenvalue weighted by Crippen LogP contribution is -2.06. The highest BCUT2D eigenvalue weighted by atomic mass is 16.7. The van der Waals surface area contributed by atoms with Gasteiger partial charge >= 0.3 is 0 Å². The van der Waals surface area contributed by atoms with Gasteiger partial charge in [-0.05, 0) is 30.7 Å². The number of ether oxygens (including phenoxy) is 2. The minimum Gasteiger partial charge on any atom is -0.454 e. The topological polar surface area (TPSA) is 57.5 Å². The molecule has 1 aliphatic rings. The molecular weight excluding hydrogens is 402 g/mol. The number of nitrogens with zero attached hydrogens (tertiary/aromatic N) is 1. The quantitative estimate of drug-likeness (QED) is 0.435. The van der Waals surface area contributed by atoms with Gasteiger partial charge in [-0.2, -0.15) is 0 Å². The van der Waals surface area contributed by atoms with E-state index in [-0.39, 0.29) is 24.3 Å². The van der Waals surface area contributed by atoms with Gasteiger partial charge in [-0.15, -0.1) is 0 Å². The van der Waals surface area contributed by atoms with E-state index in [0.29, 0.717) is 6.42 Å². The maximum atomic E-state index is 12.0. The second kappa shape index (κ2) is 12.1. The molecule has 172 valence electrons. The largest absolute Gasteiger partial charge is 0.454 e. The maximum absolute atomic E-state index is 12.0. The van der Waals surface area contributed by atoms with E-state index in [9.17, 15) is 9.59 Å². The first-order chi connectivity index (χ1) is 15.3. The van der Waals surface area contributed by atoms with Crippen molar-refractivity contribution < 1.29 is 19.1 Å². The summed E-state index contributed by atoms with van der Waals surface area (Å²) in [6, 6.07) is 13.6. The van der Waals surface area contributed by atoms with E-state index in [1.54, 1.807) is 6.92 Å². The number of ketones is 2. The molecule has 0 atom stereocenters. The van der Waals surface area contributed by atoms with E-state index in [4.69, 9.17) is 9.47 Å². The zero-order valence-corrected chi connectivity index (χ0v) is 20.1. The number of rotatable bonds is 5. The van der Waals surface area contributed by atoms with Crippen molar-refractivity contribution in [3.63, 3.8) is 0 Å². The Bertz CT molecular complexity index is 1050. The van der Waals surface area contributed by atoms with Crippen LogP contribution in [0.2, 0.25) is 0 Å². The molecule has 1 aliphatic heterocycles. The van der Waals surface area contributed by atoms with Crippen molar-refractivity contribution in [3.8, 4) is 11.5 Å². The molecule has 0 saturated carbocycles. The Morgan fingerprint density at radius 3 is 2.28 bits per heavy atom. The lowest BCUT2D eigenvalue weighted by atomic mass is 10.0. The van der Waals surface area contributed by atoms with Gasteiger partial charge in [-0.3, -0.25) is 9.59 Å². The molecule has 0 fully saturated rings. The van der Waals surface area contributed by atoms with Gasteiger partial charge in [0.05, 0.1) is 0 Å². The first-order valence-electron chi connectivity index (χ1n) is 11.2. The Balaban J connectivity index is 0.000000196. The number of para-hydroxylation sites is 1. The van der Waals surface area contributed by atoms with Crippen molar-refractivity contribution in [2.45, 2.75) is 53.9 Å². The van der Waals surface area contributed by atoms with Crippen LogP contribution in [0.1, 0.15) is 63.4 Å². The third-order valence-corrected chi connectivity index (χ3v) is 5.08. The molecule has 0 bridgehead atoms. The fourth-order valence-corrected chi connectivity index (χ4v) is 3.19. The molecule has 1 aromatic heterocycles. The number of benzene rings is 2. The molecule has 0 amide bonds. The molecule has 3 aromatic rings. The third-order valence-electron chi connectivity index (χ3n) is 5.08. The molecule has 5 nitrogen and oxygen atoms in total. The molecule has 0 saturated heterocycles. The minimum absolute atomic E-state index is 0.0517. The van der Waals surface area contributed by atoms with Gasteiger partial charge in [-0.1, -0.05) is 64.8 Å². The summed E-state index contributed by atoms with van der Waals surface area (Å²) in [6.45, 7) is 10.1. The summed E-state index contributed by atoms with van der Waals surface area (Å²) in [5.41, 5.74) is 2.92. The van der Waals surface area contributed by atoms with E-state index in [1.165, 1.54) is 12.8 Å². The summed E-state index contributed by atoms with van der Waals surface area (Å²) in [4.78, 5) is 22.8. The van der Waals surface area contributed by atoms with Crippen LogP contribution in [0.25, 0.3) is 10.9 Å². The van der Waals surface area contributed by atoms with Gasteiger partial charge in [0, 0.05) is 42.0 Å². The zero-order chi connectivity index (χ0) is 23.7. The predicted molar refractivity (Wildman–Crippen MR) is 130 cm³/mol. The molecule has 0 unspecified atom stereocenters. The van der Waals surface area contributed by atoms with E-state index in [1.807, 2.05) is 74.1 Å². The van der Waals surface area contributed by atoms with Gasteiger partial charge in [0.15, 0.2) is 17.3 Å². The van der Waals surface area contributed by atoms with E-state index >= 15 is 0 Å². The third kappa shape index (κ3) is 6.71. The summed E-state index contributed by atoms with van der Waals surface area (Å²) in [7, 11) is 1.97. The van der Waals surface area contributed by atoms with Crippen LogP contribution in [0.4, 0.5) is 0 Å². The molecule has 4 rings (SSSR count). The highest BCUT2D eigenvalue weighted by Gasteiger charge is 2.16. The number of hydrogen-bond acceptors (Lipinski definition) is 4. The van der Waals surface area contributed by atoms with Crippen molar-refractivity contribution >= 4 is 22.5 Å². The van der Waals surface area contributed by atoms with Crippen molar-refractivity contribution in [2.75, 3.05) is 6.79 Å². The van der Waals surface area contributed by atoms with Gasteiger partial charge in [-0.25, -0.2) is 0 Å². The smallest absolute Gasteiger partial charge is 0.231 e. The summed E-state index contributed by atoms with van der Waals surface area (Å²) in [5.74, 6) is 1.91. The monoisotopic (exact) mass is 437 g/mol. The van der Waals surface area contributed by atoms with Crippen LogP contribution in [0, 0.1) is 5.92 Å². The van der Waals surface area contributed by atoms with Crippen LogP contribution in [0.5, 0.6) is 11.5 Å². The molecular formula is C27H35NO4. The van der Waals surface area contributed by atoms with Crippen LogP contribution >= 0.6 is 0 Å². The Labute approximate surface area is 191 Å². The molecule has 32 heavy (non-hydrogen) atoms. The number of Topliss-reactive ketones (excluding diaryl/α,β-unsaturated/α-hetero) is 2. The summed E-state index contributed by atoms with van der Waals surface area (Å²) in [5, 5.41) is 1.05. The summed E-state index contributed by atoms with van der Waals surface area (Å²) in [6.07, 6.45) is 5.02. The fourth-order valence-electron chi connectivity index (χ4n) is 3.19. The molecule has 0 N–H and O–H groups in total. The number of fused-ring (bicyclic) bond motifs is 2. The number of unbranched alkanes of at least 4 members (excludes halogenated alkanes) is 1. The Hall–Kier alpha value is -3.08. The molecule has 2 heterocycles. The van der Waals surface area contributed by atoms with Gasteiger partial charge < -0.3 is 14.0 Å². The molecule has 2 aromatic carbocycles. The Morgan fingerprint density at radius 1 is 1.00 bits per heavy atom. The summed E-state index contributed by atoms with van der Waals surface area (Å²) < 4.78 is 12.3. The molecule has 0 radical (unpaired) electrons. The Morgan fingerprint density at radius 2 is 1.66 bits per heavy atom. The van der Waals surface area contributed by atoms with E-state index in [0.717, 1.165) is 33.5 Å². The standard InChI is InChI=1S/C13H15NO.C10H10O3.C4H10/c1-9(2)13(15)11-8-14(3)12-7-5-4-6-10(11)12;1-7(11)4-8-2-3-9-10(5-8)13-6-12-9;1-3-4-2/h4-9H,1-3H3;2-3,5H,4,6H2,1H3;3-4H2,1-2H3. The number of aromatic nitrogens is 1. The lowest BCUT2D eigenvalue weighted by molar-refractivity contribution is -0.116. The molecule has 0 aliphatic carbocycles. The average Bonchev–Trinajstić information content (AvgIpc) is 3.37. The second-order valence-corrected chi connectivity index (χ2v) is 8.26. The zero-order valence-electron chi connectivity index (χ0n) is 20.1. The van der Waals surface area contributed by atoms with Crippen LogP contribution in [-0.2, 0) is 18.3 Å². The van der Waals surface area contributed by atoms with Crippen LogP contribution in [0.15, 0.2) is 48.7 Å². The molecule has 5 heteroatoms. The van der Waals surface area contributed by atoms with Crippen molar-refractivity contribution in [1.29, 1.82) is 0 Å². The predicted octanol–water partition coefficient (Wildman–Crippen LogP) is 6.37. The number of hydrogen-bond donors (Lipinski definition) is 0. The highest BCUT2D eigenvalue weighted by molar-refractivity contribution is 6.08. The molecule has 0 spiro atoms. The average molecular weight is 438 g/mol. The second-order valence-electron chi connectivity index (χ2n) is 8.26. The van der Waals surface area contributed by atoms with Crippen LogP contribution in [-0.4, -0.2) is 22.9 Å². The van der Waals surface area contributed by atoms with Crippen molar-refractivity contribution in [3.05, 3.63) is 59.8 Å². The number of carbonyl (C=O) groups excluding carboxylic acids is 2. The first-order valence-corrected chi connectivity index (χ1v) is 11.2. The van der Waals surface area contributed by atoms with Gasteiger partial charge in [0.2, 0.25) is 6.79 Å². The van der Waals surface area contributed by atoms with Crippen LogP contribution < -0.4 is 9.47 Å². The van der Waals surface area contributed by atoms with Gasteiger partial charge in [0.25, 0.3) is 0 Å². The fraction of sp³-hybridized carbons (Fsp3) is 0.407. The first kappa shape index (κ1) is 25.2. The number of aryl methyl sites for hydroxylation is 1.